The Labute approximate surface area is 207 Å². The number of anilines is 1. The van der Waals surface area contributed by atoms with Gasteiger partial charge in [-0.3, -0.25) is 4.79 Å². The molecule has 1 aliphatic heterocycles. The normalized spacial score (nSPS) is 13.8. The molecule has 0 bridgehead atoms. The molecule has 0 N–H and O–H groups in total. The van der Waals surface area contributed by atoms with Crippen LogP contribution in [-0.2, 0) is 0 Å². The van der Waals surface area contributed by atoms with E-state index in [-0.39, 0.29) is 11.7 Å². The fraction of sp³-hybridized carbons (Fsp3) is 0.320. The molecular formula is C25H26FN7O3. The molecule has 0 aliphatic carbocycles. The Morgan fingerprint density at radius 3 is 2.39 bits per heavy atom. The number of ether oxygens (including phenoxy) is 2. The number of carbonyl (C=O) groups excluding carboxylic acids is 1. The van der Waals surface area contributed by atoms with Gasteiger partial charge in [-0.1, -0.05) is 5.21 Å². The van der Waals surface area contributed by atoms with Crippen LogP contribution in [0.2, 0.25) is 0 Å². The van der Waals surface area contributed by atoms with E-state index in [1.807, 2.05) is 18.7 Å². The maximum atomic E-state index is 13.3. The number of halogens is 1. The Hall–Kier alpha value is -4.28. The van der Waals surface area contributed by atoms with Crippen molar-refractivity contribution in [2.45, 2.75) is 13.8 Å². The zero-order chi connectivity index (χ0) is 25.1. The summed E-state index contributed by atoms with van der Waals surface area (Å²) >= 11 is 0. The molecule has 10 nitrogen and oxygen atoms in total. The summed E-state index contributed by atoms with van der Waals surface area (Å²) in [4.78, 5) is 25.9. The summed E-state index contributed by atoms with van der Waals surface area (Å²) in [6, 6.07) is 11.3. The van der Waals surface area contributed by atoms with Crippen molar-refractivity contribution in [2.24, 2.45) is 0 Å². The summed E-state index contributed by atoms with van der Waals surface area (Å²) < 4.78 is 26.2. The highest BCUT2D eigenvalue weighted by Crippen LogP contribution is 2.30. The van der Waals surface area contributed by atoms with Crippen LogP contribution in [0.3, 0.4) is 0 Å². The third kappa shape index (κ3) is 4.51. The lowest BCUT2D eigenvalue weighted by Crippen LogP contribution is -2.49. The highest BCUT2D eigenvalue weighted by molar-refractivity contribution is 5.95. The number of hydrogen-bond acceptors (Lipinski definition) is 8. The van der Waals surface area contributed by atoms with Crippen LogP contribution in [0.25, 0.3) is 16.9 Å². The van der Waals surface area contributed by atoms with Crippen LogP contribution < -0.4 is 14.4 Å². The SMILES string of the molecule is CCOc1ccc(C(=O)N2CCN(c3ncnc4c3nnn4-c3ccc(F)cc3)CC2)cc1OCC. The van der Waals surface area contributed by atoms with E-state index in [4.69, 9.17) is 9.47 Å². The number of hydrogen-bond donors (Lipinski definition) is 0. The van der Waals surface area contributed by atoms with Crippen molar-refractivity contribution in [2.75, 3.05) is 44.3 Å². The van der Waals surface area contributed by atoms with Crippen LogP contribution in [0, 0.1) is 5.82 Å². The minimum atomic E-state index is -0.328. The molecule has 3 heterocycles. The van der Waals surface area contributed by atoms with Gasteiger partial charge in [-0.05, 0) is 56.3 Å². The molecule has 0 atom stereocenters. The smallest absolute Gasteiger partial charge is 0.254 e. The number of aromatic nitrogens is 5. The highest BCUT2D eigenvalue weighted by Gasteiger charge is 2.26. The van der Waals surface area contributed by atoms with E-state index in [2.05, 4.69) is 25.2 Å². The first-order valence-corrected chi connectivity index (χ1v) is 11.8. The van der Waals surface area contributed by atoms with Gasteiger partial charge in [-0.2, -0.15) is 4.68 Å². The number of benzene rings is 2. The van der Waals surface area contributed by atoms with Gasteiger partial charge in [0.1, 0.15) is 12.1 Å². The molecule has 36 heavy (non-hydrogen) atoms. The lowest BCUT2D eigenvalue weighted by molar-refractivity contribution is 0.0746. The maximum absolute atomic E-state index is 13.3. The first kappa shape index (κ1) is 23.5. The number of fused-ring (bicyclic) bond motifs is 1. The zero-order valence-corrected chi connectivity index (χ0v) is 20.1. The summed E-state index contributed by atoms with van der Waals surface area (Å²) in [5, 5.41) is 8.50. The van der Waals surface area contributed by atoms with Crippen molar-refractivity contribution >= 4 is 22.9 Å². The van der Waals surface area contributed by atoms with E-state index in [9.17, 15) is 9.18 Å². The maximum Gasteiger partial charge on any atom is 0.254 e. The molecule has 0 unspecified atom stereocenters. The van der Waals surface area contributed by atoms with Crippen LogP contribution >= 0.6 is 0 Å². The Balaban J connectivity index is 1.32. The van der Waals surface area contributed by atoms with Crippen LogP contribution in [0.1, 0.15) is 24.2 Å². The second-order valence-corrected chi connectivity index (χ2v) is 8.15. The molecule has 1 aliphatic rings. The first-order valence-electron chi connectivity index (χ1n) is 11.8. The Morgan fingerprint density at radius 2 is 1.67 bits per heavy atom. The third-order valence-corrected chi connectivity index (χ3v) is 5.95. The molecular weight excluding hydrogens is 465 g/mol. The number of carbonyl (C=O) groups is 1. The molecule has 0 radical (unpaired) electrons. The second kappa shape index (κ2) is 10.1. The van der Waals surface area contributed by atoms with Gasteiger partial charge in [0.05, 0.1) is 18.9 Å². The predicted octanol–water partition coefficient (Wildman–Crippen LogP) is 3.11. The van der Waals surface area contributed by atoms with Gasteiger partial charge in [0.25, 0.3) is 5.91 Å². The fourth-order valence-electron chi connectivity index (χ4n) is 4.21. The molecule has 2 aromatic heterocycles. The minimum absolute atomic E-state index is 0.0614. The number of amides is 1. The predicted molar refractivity (Wildman–Crippen MR) is 131 cm³/mol. The van der Waals surface area contributed by atoms with Crippen molar-refractivity contribution in [1.82, 2.24) is 29.9 Å². The largest absolute Gasteiger partial charge is 0.490 e. The first-order chi connectivity index (χ1) is 17.6. The van der Waals surface area contributed by atoms with E-state index in [0.717, 1.165) is 0 Å². The summed E-state index contributed by atoms with van der Waals surface area (Å²) in [6.07, 6.45) is 1.47. The summed E-state index contributed by atoms with van der Waals surface area (Å²) in [5.74, 6) is 1.46. The Bertz CT molecular complexity index is 1370. The van der Waals surface area contributed by atoms with Gasteiger partial charge < -0.3 is 19.3 Å². The Kier molecular flexibility index (Phi) is 6.61. The van der Waals surface area contributed by atoms with Crippen molar-refractivity contribution in [3.8, 4) is 17.2 Å². The van der Waals surface area contributed by atoms with Crippen molar-refractivity contribution in [3.05, 3.63) is 60.2 Å². The van der Waals surface area contributed by atoms with Crippen LogP contribution in [0.15, 0.2) is 48.8 Å². The second-order valence-electron chi connectivity index (χ2n) is 8.15. The topological polar surface area (TPSA) is 98.5 Å². The molecule has 11 heteroatoms. The van der Waals surface area contributed by atoms with E-state index < -0.39 is 0 Å². The molecule has 186 valence electrons. The van der Waals surface area contributed by atoms with Gasteiger partial charge in [-0.25, -0.2) is 14.4 Å². The molecule has 2 aromatic carbocycles. The Morgan fingerprint density at radius 1 is 0.944 bits per heavy atom. The molecule has 5 rings (SSSR count). The zero-order valence-electron chi connectivity index (χ0n) is 20.1. The molecule has 1 saturated heterocycles. The van der Waals surface area contributed by atoms with Gasteiger partial charge in [-0.15, -0.1) is 5.10 Å². The summed E-state index contributed by atoms with van der Waals surface area (Å²) in [5.41, 5.74) is 2.29. The summed E-state index contributed by atoms with van der Waals surface area (Å²) in [6.45, 7) is 7.00. The molecule has 1 amide bonds. The monoisotopic (exact) mass is 491 g/mol. The average Bonchev–Trinajstić information content (AvgIpc) is 3.34. The average molecular weight is 492 g/mol. The van der Waals surface area contributed by atoms with Crippen LogP contribution in [-0.4, -0.2) is 75.2 Å². The van der Waals surface area contributed by atoms with Crippen LogP contribution in [0.5, 0.6) is 11.5 Å². The fourth-order valence-corrected chi connectivity index (χ4v) is 4.21. The molecule has 4 aromatic rings. The quantitative estimate of drug-likeness (QED) is 0.389. The van der Waals surface area contributed by atoms with Crippen molar-refractivity contribution < 1.29 is 18.7 Å². The van der Waals surface area contributed by atoms with Crippen LogP contribution in [0.4, 0.5) is 10.2 Å². The van der Waals surface area contributed by atoms with Gasteiger partial charge in [0, 0.05) is 31.7 Å². The number of nitrogens with zero attached hydrogens (tertiary/aromatic N) is 7. The van der Waals surface area contributed by atoms with E-state index >= 15 is 0 Å². The number of piperazine rings is 1. The molecule has 0 saturated carbocycles. The lowest BCUT2D eigenvalue weighted by atomic mass is 10.1. The van der Waals surface area contributed by atoms with Gasteiger partial charge >= 0.3 is 0 Å². The highest BCUT2D eigenvalue weighted by atomic mass is 19.1. The van der Waals surface area contributed by atoms with E-state index in [0.29, 0.717) is 79.1 Å². The molecule has 1 fully saturated rings. The van der Waals surface area contributed by atoms with Gasteiger partial charge in [0.2, 0.25) is 0 Å². The lowest BCUT2D eigenvalue weighted by Gasteiger charge is -2.35. The standard InChI is InChI=1S/C25H26FN7O3/c1-3-35-20-10-5-17(15-21(20)36-4-2)25(34)32-13-11-31(12-14-32)23-22-24(28-16-27-23)33(30-29-22)19-8-6-18(26)7-9-19/h5-10,15-16H,3-4,11-14H2,1-2H3. The summed E-state index contributed by atoms with van der Waals surface area (Å²) in [7, 11) is 0. The van der Waals surface area contributed by atoms with E-state index in [1.54, 1.807) is 35.0 Å². The van der Waals surface area contributed by atoms with Crippen molar-refractivity contribution in [3.63, 3.8) is 0 Å². The van der Waals surface area contributed by atoms with E-state index in [1.165, 1.54) is 18.5 Å². The van der Waals surface area contributed by atoms with Gasteiger partial charge in [0.15, 0.2) is 28.5 Å². The van der Waals surface area contributed by atoms with Crippen molar-refractivity contribution in [1.29, 1.82) is 0 Å². The third-order valence-electron chi connectivity index (χ3n) is 5.95. The number of rotatable bonds is 7. The molecule has 0 spiro atoms. The minimum Gasteiger partial charge on any atom is -0.490 e.